The summed E-state index contributed by atoms with van der Waals surface area (Å²) in [5.41, 5.74) is 4.13. The monoisotopic (exact) mass is 514 g/mol. The molecule has 1 atom stereocenters. The second kappa shape index (κ2) is 12.4. The van der Waals surface area contributed by atoms with Gasteiger partial charge in [-0.15, -0.1) is 0 Å². The van der Waals surface area contributed by atoms with E-state index in [-0.39, 0.29) is 24.0 Å². The van der Waals surface area contributed by atoms with Crippen LogP contribution in [0.15, 0.2) is 54.7 Å². The van der Waals surface area contributed by atoms with Gasteiger partial charge in [0.05, 0.1) is 24.7 Å². The average molecular weight is 515 g/mol. The molecule has 0 spiro atoms. The topological polar surface area (TPSA) is 113 Å². The van der Waals surface area contributed by atoms with Crippen molar-refractivity contribution < 1.29 is 19.1 Å². The number of ether oxygens (including phenoxy) is 1. The van der Waals surface area contributed by atoms with Crippen molar-refractivity contribution in [2.24, 2.45) is 0 Å². The van der Waals surface area contributed by atoms with E-state index >= 15 is 0 Å². The van der Waals surface area contributed by atoms with Gasteiger partial charge in [0.15, 0.2) is 0 Å². The van der Waals surface area contributed by atoms with E-state index in [0.717, 1.165) is 45.9 Å². The Labute approximate surface area is 222 Å². The molecule has 2 aromatic heterocycles. The Bertz CT molecular complexity index is 1450. The van der Waals surface area contributed by atoms with E-state index < -0.39 is 6.04 Å². The highest BCUT2D eigenvalue weighted by molar-refractivity contribution is 6.04. The lowest BCUT2D eigenvalue weighted by molar-refractivity contribution is -0.126. The quantitative estimate of drug-likeness (QED) is 0.224. The second-order valence-corrected chi connectivity index (χ2v) is 9.60. The van der Waals surface area contributed by atoms with E-state index in [9.17, 15) is 14.4 Å². The molecule has 0 unspecified atom stereocenters. The first-order valence-corrected chi connectivity index (χ1v) is 12.9. The Morgan fingerprint density at radius 3 is 2.66 bits per heavy atom. The number of unbranched alkanes of at least 4 members (excludes halogenated alkanes) is 2. The number of hydrogen-bond donors (Lipinski definition) is 3. The van der Waals surface area contributed by atoms with E-state index in [1.807, 2.05) is 55.5 Å². The molecule has 8 nitrogen and oxygen atoms in total. The average Bonchev–Trinajstić information content (AvgIpc) is 3.21. The van der Waals surface area contributed by atoms with E-state index in [1.54, 1.807) is 20.2 Å². The molecule has 4 rings (SSSR count). The van der Waals surface area contributed by atoms with Crippen LogP contribution in [-0.4, -0.2) is 40.7 Å². The predicted molar refractivity (Wildman–Crippen MR) is 149 cm³/mol. The van der Waals surface area contributed by atoms with E-state index in [1.165, 1.54) is 0 Å². The number of fused-ring (bicyclic) bond motifs is 2. The molecule has 38 heavy (non-hydrogen) atoms. The number of nitrogens with zero attached hydrogens (tertiary/aromatic N) is 1. The largest absolute Gasteiger partial charge is 0.497 e. The molecule has 0 fully saturated rings. The van der Waals surface area contributed by atoms with Crippen LogP contribution in [0.2, 0.25) is 0 Å². The summed E-state index contributed by atoms with van der Waals surface area (Å²) in [6.07, 6.45) is 5.12. The van der Waals surface area contributed by atoms with Crippen molar-refractivity contribution >= 4 is 45.1 Å². The molecule has 8 heteroatoms. The van der Waals surface area contributed by atoms with Gasteiger partial charge in [-0.05, 0) is 74.7 Å². The summed E-state index contributed by atoms with van der Waals surface area (Å²) < 4.78 is 5.36. The third-order valence-electron chi connectivity index (χ3n) is 6.74. The smallest absolute Gasteiger partial charge is 0.246 e. The molecule has 2 heterocycles. The van der Waals surface area contributed by atoms with Crippen LogP contribution in [0.3, 0.4) is 0 Å². The van der Waals surface area contributed by atoms with Crippen LogP contribution in [0, 0.1) is 6.92 Å². The summed E-state index contributed by atoms with van der Waals surface area (Å²) in [6, 6.07) is 14.3. The van der Waals surface area contributed by atoms with Crippen LogP contribution in [0.5, 0.6) is 5.75 Å². The fraction of sp³-hybridized carbons (Fsp3) is 0.333. The number of anilines is 1. The van der Waals surface area contributed by atoms with Gasteiger partial charge in [-0.3, -0.25) is 14.6 Å². The molecule has 0 saturated carbocycles. The highest BCUT2D eigenvalue weighted by Gasteiger charge is 2.23. The maximum absolute atomic E-state index is 13.4. The molecule has 0 aliphatic carbocycles. The Hall–Kier alpha value is -4.20. The number of aromatic amines is 1. The minimum Gasteiger partial charge on any atom is -0.497 e. The lowest BCUT2D eigenvalue weighted by atomic mass is 10.0. The summed E-state index contributed by atoms with van der Waals surface area (Å²) in [4.78, 5) is 45.6. The van der Waals surface area contributed by atoms with Crippen molar-refractivity contribution in [1.29, 1.82) is 0 Å². The fourth-order valence-electron chi connectivity index (χ4n) is 4.72. The van der Waals surface area contributed by atoms with Crippen LogP contribution >= 0.6 is 0 Å². The Morgan fingerprint density at radius 1 is 1.03 bits per heavy atom. The molecular weight excluding hydrogens is 480 g/mol. The molecular formula is C30H34N4O4. The number of methoxy groups -OCH3 is 1. The van der Waals surface area contributed by atoms with E-state index in [4.69, 9.17) is 4.74 Å². The number of pyridine rings is 1. The fourth-order valence-corrected chi connectivity index (χ4v) is 4.72. The number of aromatic nitrogens is 2. The van der Waals surface area contributed by atoms with E-state index in [0.29, 0.717) is 30.7 Å². The van der Waals surface area contributed by atoms with Crippen molar-refractivity contribution in [2.45, 2.75) is 58.4 Å². The predicted octanol–water partition coefficient (Wildman–Crippen LogP) is 5.24. The van der Waals surface area contributed by atoms with Gasteiger partial charge in [-0.1, -0.05) is 18.9 Å². The van der Waals surface area contributed by atoms with Crippen molar-refractivity contribution in [1.82, 2.24) is 15.3 Å². The first-order valence-electron chi connectivity index (χ1n) is 12.9. The third kappa shape index (κ3) is 6.56. The van der Waals surface area contributed by atoms with Gasteiger partial charge >= 0.3 is 0 Å². The van der Waals surface area contributed by atoms with E-state index in [2.05, 4.69) is 20.6 Å². The van der Waals surface area contributed by atoms with Crippen molar-refractivity contribution in [3.05, 3.63) is 66.0 Å². The molecule has 0 radical (unpaired) electrons. The lowest BCUT2D eigenvalue weighted by Gasteiger charge is -2.19. The molecule has 0 aliphatic rings. The zero-order chi connectivity index (χ0) is 27.1. The number of benzene rings is 2. The molecule has 0 bridgehead atoms. The van der Waals surface area contributed by atoms with Crippen LogP contribution in [0.1, 0.15) is 50.3 Å². The van der Waals surface area contributed by atoms with Crippen LogP contribution < -0.4 is 15.4 Å². The van der Waals surface area contributed by atoms with Crippen molar-refractivity contribution in [3.8, 4) is 5.75 Å². The zero-order valence-corrected chi connectivity index (χ0v) is 22.1. The van der Waals surface area contributed by atoms with Gasteiger partial charge in [-0.2, -0.15) is 0 Å². The Balaban J connectivity index is 1.50. The minimum atomic E-state index is -0.716. The minimum absolute atomic E-state index is 0.130. The first-order chi connectivity index (χ1) is 18.4. The summed E-state index contributed by atoms with van der Waals surface area (Å²) >= 11 is 0. The van der Waals surface area contributed by atoms with Crippen molar-refractivity contribution in [2.75, 3.05) is 12.4 Å². The highest BCUT2D eigenvalue weighted by Crippen LogP contribution is 2.27. The standard InChI is InChI=1S/C30H34N4O4/c1-19(35)9-5-4-6-11-28(30(37)34-26-13-7-12-25-22(26)10-8-16-31-25)33-29(36)18-23-20(2)32-27-15-14-21(38-3)17-24(23)27/h7-8,10,12-17,28,32H,4-6,9,11,18H2,1-3H3,(H,33,36)(H,34,37)/t28-/m0/s1. The van der Waals surface area contributed by atoms with Gasteiger partial charge in [-0.25, -0.2) is 0 Å². The van der Waals surface area contributed by atoms with Crippen LogP contribution in [0.4, 0.5) is 5.69 Å². The van der Waals surface area contributed by atoms with Gasteiger partial charge in [0.2, 0.25) is 11.8 Å². The van der Waals surface area contributed by atoms with Gasteiger partial charge in [0.25, 0.3) is 0 Å². The maximum atomic E-state index is 13.4. The summed E-state index contributed by atoms with van der Waals surface area (Å²) in [5, 5.41) is 7.71. The van der Waals surface area contributed by atoms with Crippen LogP contribution in [0.25, 0.3) is 21.8 Å². The number of hydrogen-bond acceptors (Lipinski definition) is 5. The lowest BCUT2D eigenvalue weighted by Crippen LogP contribution is -2.44. The molecule has 0 saturated heterocycles. The Kier molecular flexibility index (Phi) is 8.73. The zero-order valence-electron chi connectivity index (χ0n) is 22.1. The van der Waals surface area contributed by atoms with Gasteiger partial charge < -0.3 is 25.1 Å². The summed E-state index contributed by atoms with van der Waals surface area (Å²) in [6.45, 7) is 3.51. The molecule has 0 aliphatic heterocycles. The highest BCUT2D eigenvalue weighted by atomic mass is 16.5. The molecule has 3 N–H and O–H groups in total. The molecule has 198 valence electrons. The first kappa shape index (κ1) is 26.9. The molecule has 4 aromatic rings. The number of carbonyl (C=O) groups excluding carboxylic acids is 3. The number of nitrogens with one attached hydrogen (secondary N) is 3. The number of carbonyl (C=O) groups is 3. The number of Topliss-reactive ketones (excluding diaryl/α,β-unsaturated/α-hetero) is 1. The number of ketones is 1. The molecule has 2 aromatic carbocycles. The number of rotatable bonds is 12. The van der Waals surface area contributed by atoms with Gasteiger partial charge in [0, 0.05) is 34.6 Å². The Morgan fingerprint density at radius 2 is 1.87 bits per heavy atom. The second-order valence-electron chi connectivity index (χ2n) is 9.60. The third-order valence-corrected chi connectivity index (χ3v) is 6.74. The van der Waals surface area contributed by atoms with Crippen LogP contribution in [-0.2, 0) is 20.8 Å². The number of amides is 2. The SMILES string of the molecule is COc1ccc2[nH]c(C)c(CC(=O)N[C@@H](CCCCCC(C)=O)C(=O)Nc3cccc4ncccc34)c2c1. The van der Waals surface area contributed by atoms with Gasteiger partial charge in [0.1, 0.15) is 17.6 Å². The number of H-pyrrole nitrogens is 1. The summed E-state index contributed by atoms with van der Waals surface area (Å²) in [5.74, 6) is 0.354. The number of aryl methyl sites for hydroxylation is 1. The summed E-state index contributed by atoms with van der Waals surface area (Å²) in [7, 11) is 1.61. The molecule has 2 amide bonds. The maximum Gasteiger partial charge on any atom is 0.246 e. The van der Waals surface area contributed by atoms with Crippen molar-refractivity contribution in [3.63, 3.8) is 0 Å². The normalized spacial score (nSPS) is 11.9.